The Morgan fingerprint density at radius 2 is 1.30 bits per heavy atom. The monoisotopic (exact) mass is 829 g/mol. The molecular formula is C31H55N7O13S3. The van der Waals surface area contributed by atoms with Gasteiger partial charge in [0.05, 0.1) is 54.6 Å². The number of nitrogens with two attached hydrogens (primary N) is 1. The molecule has 6 N–H and O–H groups in total. The van der Waals surface area contributed by atoms with E-state index in [0.717, 1.165) is 50.6 Å². The normalized spacial score (nSPS) is 43.1. The van der Waals surface area contributed by atoms with Crippen LogP contribution in [0.1, 0.15) is 77.0 Å². The van der Waals surface area contributed by atoms with E-state index in [9.17, 15) is 26.8 Å². The molecule has 5 aliphatic rings. The zero-order valence-electron chi connectivity index (χ0n) is 30.7. The average molecular weight is 830 g/mol. The zero-order valence-corrected chi connectivity index (χ0v) is 33.1. The third-order valence-electron chi connectivity index (χ3n) is 11.9. The predicted molar refractivity (Wildman–Crippen MR) is 193 cm³/mol. The number of hydrogen-bond donors (Lipinski definition) is 5. The van der Waals surface area contributed by atoms with Gasteiger partial charge >= 0.3 is 11.4 Å². The SMILES string of the molecule is COC1CC(N=NC2CCC(SOOO)CC2)CCC1N=NC1CC(OC)C(N=NC2C(OS(=O)O)CC3CC(S(=O)(=O)O)C(N)CC3C2O)CC1OC. The van der Waals surface area contributed by atoms with Crippen molar-refractivity contribution in [2.75, 3.05) is 21.3 Å². The van der Waals surface area contributed by atoms with E-state index in [2.05, 4.69) is 29.8 Å². The second-order valence-corrected chi connectivity index (χ2v) is 18.3. The van der Waals surface area contributed by atoms with Gasteiger partial charge < -0.3 is 25.1 Å². The first-order valence-corrected chi connectivity index (χ1v) is 21.8. The Morgan fingerprint density at radius 1 is 0.722 bits per heavy atom. The molecule has 5 rings (SSSR count). The van der Waals surface area contributed by atoms with E-state index in [1.54, 1.807) is 21.3 Å². The topological polar surface area (TPSA) is 288 Å². The zero-order chi connectivity index (χ0) is 39.0. The summed E-state index contributed by atoms with van der Waals surface area (Å²) < 4.78 is 82.2. The molecule has 20 nitrogen and oxygen atoms in total. The molecule has 0 aromatic heterocycles. The highest BCUT2D eigenvalue weighted by Crippen LogP contribution is 2.44. The summed E-state index contributed by atoms with van der Waals surface area (Å²) in [7, 11) is 0.377. The van der Waals surface area contributed by atoms with Gasteiger partial charge in [-0.05, 0) is 76.0 Å². The molecule has 0 heterocycles. The van der Waals surface area contributed by atoms with Crippen LogP contribution in [0.2, 0.25) is 0 Å². The summed E-state index contributed by atoms with van der Waals surface area (Å²) in [6.45, 7) is 0. The van der Waals surface area contributed by atoms with Crippen molar-refractivity contribution < 1.29 is 59.9 Å². The van der Waals surface area contributed by atoms with Gasteiger partial charge in [-0.2, -0.15) is 43.3 Å². The van der Waals surface area contributed by atoms with Crippen LogP contribution in [-0.2, 0) is 49.2 Å². The van der Waals surface area contributed by atoms with E-state index in [1.807, 2.05) is 0 Å². The standard InChI is InChI=1S/C31H55N7O13S3/c1-46-25-12-18(34-33-17-4-7-19(8-5-17)52-51-50-40)6-9-22(25)35-36-23-14-27(48-3)24(15-26(23)47-2)37-38-30-28(49-53(41)42)10-16-11-29(54(43,44)45)21(32)13-20(16)31(30)39/h16-31,39-40H,4-15,32H2,1-3H3,(H,41,42)(H,43,44,45). The summed E-state index contributed by atoms with van der Waals surface area (Å²) >= 11 is -1.57. The Morgan fingerprint density at radius 3 is 1.89 bits per heavy atom. The maximum Gasteiger partial charge on any atom is 0.302 e. The third-order valence-corrected chi connectivity index (χ3v) is 14.5. The lowest BCUT2D eigenvalue weighted by Crippen LogP contribution is -2.58. The molecule has 5 fully saturated rings. The predicted octanol–water partition coefficient (Wildman–Crippen LogP) is 3.49. The molecule has 0 aromatic carbocycles. The van der Waals surface area contributed by atoms with Gasteiger partial charge in [-0.1, -0.05) is 5.04 Å². The lowest BCUT2D eigenvalue weighted by molar-refractivity contribution is -0.432. The molecule has 0 aliphatic heterocycles. The first kappa shape index (κ1) is 43.9. The lowest BCUT2D eigenvalue weighted by atomic mass is 9.65. The molecule has 5 saturated carbocycles. The number of rotatable bonds is 15. The molecule has 0 spiro atoms. The van der Waals surface area contributed by atoms with E-state index in [1.165, 1.54) is 0 Å². The van der Waals surface area contributed by atoms with Gasteiger partial charge in [0.15, 0.2) is 0 Å². The molecule has 0 radical (unpaired) electrons. The number of methoxy groups -OCH3 is 3. The summed E-state index contributed by atoms with van der Waals surface area (Å²) in [5.74, 6) is -0.927. The van der Waals surface area contributed by atoms with E-state index in [4.69, 9.17) is 39.6 Å². The molecule has 0 bridgehead atoms. The summed E-state index contributed by atoms with van der Waals surface area (Å²) in [4.78, 5) is 0. The van der Waals surface area contributed by atoms with Crippen LogP contribution in [0.5, 0.6) is 0 Å². The molecule has 310 valence electrons. The molecule has 15 unspecified atom stereocenters. The smallest absolute Gasteiger partial charge is 0.302 e. The van der Waals surface area contributed by atoms with Crippen LogP contribution >= 0.6 is 12.0 Å². The molecule has 23 heteroatoms. The van der Waals surface area contributed by atoms with Crippen LogP contribution in [0.3, 0.4) is 0 Å². The van der Waals surface area contributed by atoms with Gasteiger partial charge in [-0.25, -0.2) is 5.26 Å². The first-order valence-electron chi connectivity index (χ1n) is 18.4. The van der Waals surface area contributed by atoms with Crippen LogP contribution in [0.25, 0.3) is 0 Å². The highest BCUT2D eigenvalue weighted by Gasteiger charge is 2.52. The van der Waals surface area contributed by atoms with Crippen LogP contribution in [-0.4, -0.2) is 137 Å². The Kier molecular flexibility index (Phi) is 16.7. The van der Waals surface area contributed by atoms with Gasteiger partial charge in [0.2, 0.25) is 0 Å². The van der Waals surface area contributed by atoms with Crippen molar-refractivity contribution in [2.45, 2.75) is 160 Å². The van der Waals surface area contributed by atoms with E-state index >= 15 is 0 Å². The van der Waals surface area contributed by atoms with Crippen molar-refractivity contribution in [2.24, 2.45) is 48.3 Å². The molecule has 0 aromatic rings. The number of hydrogen-bond acceptors (Lipinski definition) is 19. The maximum atomic E-state index is 11.9. The number of fused-ring (bicyclic) bond motifs is 1. The van der Waals surface area contributed by atoms with Crippen molar-refractivity contribution in [3.05, 3.63) is 0 Å². The van der Waals surface area contributed by atoms with Gasteiger partial charge in [0.25, 0.3) is 10.1 Å². The molecular weight excluding hydrogens is 775 g/mol. The van der Waals surface area contributed by atoms with Crippen LogP contribution in [0.15, 0.2) is 30.7 Å². The maximum absolute atomic E-state index is 11.9. The fraction of sp³-hybridized carbons (Fsp3) is 1.00. The van der Waals surface area contributed by atoms with Crippen molar-refractivity contribution in [1.29, 1.82) is 0 Å². The largest absolute Gasteiger partial charge is 0.390 e. The molecule has 5 aliphatic carbocycles. The Balaban J connectivity index is 1.18. The number of ether oxygens (including phenoxy) is 3. The van der Waals surface area contributed by atoms with Gasteiger partial charge in [-0.3, -0.25) is 13.3 Å². The van der Waals surface area contributed by atoms with E-state index < -0.39 is 75.0 Å². The van der Waals surface area contributed by atoms with Gasteiger partial charge in [-0.15, -0.1) is 4.33 Å². The average Bonchev–Trinajstić information content (AvgIpc) is 3.15. The second kappa shape index (κ2) is 20.5. The van der Waals surface area contributed by atoms with Gasteiger partial charge in [0, 0.05) is 57.5 Å². The van der Waals surface area contributed by atoms with Crippen molar-refractivity contribution in [3.8, 4) is 0 Å². The Hall–Kier alpha value is -1.19. The first-order chi connectivity index (χ1) is 25.8. The molecule has 54 heavy (non-hydrogen) atoms. The van der Waals surface area contributed by atoms with Crippen molar-refractivity contribution >= 4 is 33.5 Å². The van der Waals surface area contributed by atoms with Crippen LogP contribution < -0.4 is 5.73 Å². The molecule has 0 amide bonds. The lowest BCUT2D eigenvalue weighted by Gasteiger charge is -2.47. The highest BCUT2D eigenvalue weighted by molar-refractivity contribution is 7.95. The van der Waals surface area contributed by atoms with Gasteiger partial charge in [0.1, 0.15) is 17.4 Å². The van der Waals surface area contributed by atoms with Crippen molar-refractivity contribution in [3.63, 3.8) is 0 Å². The molecule has 15 atom stereocenters. The number of azo groups is 3. The summed E-state index contributed by atoms with van der Waals surface area (Å²) in [6.07, 6.45) is 3.56. The fourth-order valence-electron chi connectivity index (χ4n) is 8.87. The number of aliphatic hydroxyl groups excluding tert-OH is 1. The highest BCUT2D eigenvalue weighted by atomic mass is 32.2. The second-order valence-electron chi connectivity index (χ2n) is 15.0. The van der Waals surface area contributed by atoms with Crippen LogP contribution in [0, 0.1) is 11.8 Å². The number of nitrogens with zero attached hydrogens (tertiary/aromatic N) is 6. The summed E-state index contributed by atoms with van der Waals surface area (Å²) in [5, 5.41) is 50.3. The van der Waals surface area contributed by atoms with Crippen molar-refractivity contribution in [1.82, 2.24) is 0 Å². The van der Waals surface area contributed by atoms with E-state index in [-0.39, 0.29) is 60.9 Å². The minimum Gasteiger partial charge on any atom is -0.390 e. The Bertz CT molecular complexity index is 1410. The number of aliphatic hydroxyl groups is 1. The Labute approximate surface area is 322 Å². The summed E-state index contributed by atoms with van der Waals surface area (Å²) in [5.41, 5.74) is 6.11. The minimum atomic E-state index is -4.43. The van der Waals surface area contributed by atoms with E-state index in [0.29, 0.717) is 19.3 Å². The summed E-state index contributed by atoms with van der Waals surface area (Å²) in [6, 6.07) is -2.75. The molecule has 0 saturated heterocycles. The quantitative estimate of drug-likeness (QED) is 0.0394. The van der Waals surface area contributed by atoms with Crippen LogP contribution in [0.4, 0.5) is 0 Å². The third kappa shape index (κ3) is 11.5. The minimum absolute atomic E-state index is 0.0250. The fourth-order valence-corrected chi connectivity index (χ4v) is 10.9.